The number of carbonyl (C=O) groups excluding carboxylic acids is 1. The van der Waals surface area contributed by atoms with Crippen molar-refractivity contribution in [3.63, 3.8) is 0 Å². The third kappa shape index (κ3) is 2.20. The van der Waals surface area contributed by atoms with Gasteiger partial charge in [0.2, 0.25) is 5.90 Å². The molecule has 0 radical (unpaired) electrons. The van der Waals surface area contributed by atoms with Gasteiger partial charge in [0.05, 0.1) is 7.11 Å². The van der Waals surface area contributed by atoms with Crippen molar-refractivity contribution in [1.29, 1.82) is 0 Å². The molecule has 1 aliphatic rings. The summed E-state index contributed by atoms with van der Waals surface area (Å²) >= 11 is 0. The highest BCUT2D eigenvalue weighted by molar-refractivity contribution is 5.98. The van der Waals surface area contributed by atoms with Gasteiger partial charge in [0.25, 0.3) is 0 Å². The van der Waals surface area contributed by atoms with E-state index in [1.54, 1.807) is 6.08 Å². The molecule has 0 aromatic heterocycles. The van der Waals surface area contributed by atoms with Crippen LogP contribution >= 0.6 is 0 Å². The van der Waals surface area contributed by atoms with Crippen LogP contribution in [-0.4, -0.2) is 31.1 Å². The Morgan fingerprint density at radius 2 is 2.18 bits per heavy atom. The van der Waals surface area contributed by atoms with Crippen LogP contribution < -0.4 is 0 Å². The maximum Gasteiger partial charge on any atom is 0.334 e. The summed E-state index contributed by atoms with van der Waals surface area (Å²) in [6.45, 7) is 3.63. The molecular formula is C13H13NO3. The van der Waals surface area contributed by atoms with E-state index in [2.05, 4.69) is 16.3 Å². The molecule has 1 aromatic carbocycles. The second-order valence-corrected chi connectivity index (χ2v) is 3.59. The van der Waals surface area contributed by atoms with Gasteiger partial charge in [-0.2, -0.15) is 0 Å². The summed E-state index contributed by atoms with van der Waals surface area (Å²) < 4.78 is 10.2. The first-order chi connectivity index (χ1) is 8.26. The number of benzene rings is 1. The van der Waals surface area contributed by atoms with Gasteiger partial charge in [0.15, 0.2) is 12.1 Å². The van der Waals surface area contributed by atoms with Gasteiger partial charge >= 0.3 is 5.97 Å². The molecule has 0 bridgehead atoms. The summed E-state index contributed by atoms with van der Waals surface area (Å²) in [6.07, 6.45) is 1.10. The highest BCUT2D eigenvalue weighted by Crippen LogP contribution is 2.19. The van der Waals surface area contributed by atoms with Crippen LogP contribution in [0.15, 0.2) is 48.0 Å². The van der Waals surface area contributed by atoms with Gasteiger partial charge in [0.1, 0.15) is 0 Å². The summed E-state index contributed by atoms with van der Waals surface area (Å²) in [6, 6.07) is 8.76. The van der Waals surface area contributed by atoms with E-state index >= 15 is 0 Å². The highest BCUT2D eigenvalue weighted by atomic mass is 16.5. The van der Waals surface area contributed by atoms with E-state index < -0.39 is 18.1 Å². The molecule has 0 aliphatic carbocycles. The van der Waals surface area contributed by atoms with Gasteiger partial charge in [-0.1, -0.05) is 24.8 Å². The lowest BCUT2D eigenvalue weighted by atomic mass is 10.2. The van der Waals surface area contributed by atoms with E-state index in [-0.39, 0.29) is 0 Å². The molecule has 0 unspecified atom stereocenters. The van der Waals surface area contributed by atoms with Gasteiger partial charge in [-0.25, -0.2) is 9.79 Å². The van der Waals surface area contributed by atoms with Gasteiger partial charge in [-0.15, -0.1) is 0 Å². The van der Waals surface area contributed by atoms with Crippen molar-refractivity contribution < 1.29 is 14.3 Å². The summed E-state index contributed by atoms with van der Waals surface area (Å²) in [4.78, 5) is 15.7. The summed E-state index contributed by atoms with van der Waals surface area (Å²) in [5.74, 6) is 0.0340. The van der Waals surface area contributed by atoms with Crippen molar-refractivity contribution in [2.75, 3.05) is 7.11 Å². The SMILES string of the molecule is C=C[C@@H]1OC(c2ccccc2)=N[C@H]1C(=O)OC. The van der Waals surface area contributed by atoms with Crippen molar-refractivity contribution >= 4 is 11.9 Å². The van der Waals surface area contributed by atoms with Crippen molar-refractivity contribution in [2.45, 2.75) is 12.1 Å². The molecule has 2 atom stereocenters. The third-order valence-electron chi connectivity index (χ3n) is 2.51. The summed E-state index contributed by atoms with van der Waals surface area (Å²) in [5.41, 5.74) is 0.839. The Kier molecular flexibility index (Phi) is 3.23. The minimum atomic E-state index is -0.660. The van der Waals surface area contributed by atoms with E-state index in [0.29, 0.717) is 5.90 Å². The lowest BCUT2D eigenvalue weighted by Gasteiger charge is -2.11. The van der Waals surface area contributed by atoms with Gasteiger partial charge in [0, 0.05) is 5.56 Å². The molecule has 1 heterocycles. The molecule has 0 saturated heterocycles. The monoisotopic (exact) mass is 231 g/mol. The maximum absolute atomic E-state index is 11.5. The van der Waals surface area contributed by atoms with Crippen molar-refractivity contribution in [2.24, 2.45) is 4.99 Å². The van der Waals surface area contributed by atoms with E-state index in [1.807, 2.05) is 30.3 Å². The Morgan fingerprint density at radius 3 is 2.76 bits per heavy atom. The van der Waals surface area contributed by atoms with Gasteiger partial charge < -0.3 is 9.47 Å². The number of ether oxygens (including phenoxy) is 2. The fourth-order valence-electron chi connectivity index (χ4n) is 1.63. The Hall–Kier alpha value is -2.10. The average Bonchev–Trinajstić information content (AvgIpc) is 2.83. The van der Waals surface area contributed by atoms with Crippen LogP contribution in [0, 0.1) is 0 Å². The molecule has 1 aliphatic heterocycles. The number of nitrogens with zero attached hydrogens (tertiary/aromatic N) is 1. The van der Waals surface area contributed by atoms with Crippen LogP contribution in [0.2, 0.25) is 0 Å². The summed E-state index contributed by atoms with van der Waals surface area (Å²) in [5, 5.41) is 0. The van der Waals surface area contributed by atoms with E-state index in [0.717, 1.165) is 5.56 Å². The molecule has 88 valence electrons. The number of carbonyl (C=O) groups is 1. The number of esters is 1. The zero-order valence-electron chi connectivity index (χ0n) is 9.50. The second-order valence-electron chi connectivity index (χ2n) is 3.59. The molecule has 17 heavy (non-hydrogen) atoms. The van der Waals surface area contributed by atoms with Crippen LogP contribution in [0.25, 0.3) is 0 Å². The van der Waals surface area contributed by atoms with E-state index in [4.69, 9.17) is 4.74 Å². The molecule has 1 aromatic rings. The Bertz CT molecular complexity index is 453. The standard InChI is InChI=1S/C13H13NO3/c1-3-10-11(13(15)16-2)14-12(17-10)9-7-5-4-6-8-9/h3-8,10-11H,1H2,2H3/t10-,11+/m0/s1. The number of hydrogen-bond acceptors (Lipinski definition) is 4. The largest absolute Gasteiger partial charge is 0.467 e. The quantitative estimate of drug-likeness (QED) is 0.586. The molecule has 2 rings (SSSR count). The Labute approximate surface area is 99.6 Å². The lowest BCUT2D eigenvalue weighted by molar-refractivity contribution is -0.143. The fourth-order valence-corrected chi connectivity index (χ4v) is 1.63. The smallest absolute Gasteiger partial charge is 0.334 e. The predicted molar refractivity (Wildman–Crippen MR) is 63.9 cm³/mol. The first kappa shape index (κ1) is 11.4. The molecule has 0 spiro atoms. The number of methoxy groups -OCH3 is 1. The number of rotatable bonds is 3. The van der Waals surface area contributed by atoms with Crippen molar-refractivity contribution in [3.8, 4) is 0 Å². The maximum atomic E-state index is 11.5. The fraction of sp³-hybridized carbons (Fsp3) is 0.231. The Morgan fingerprint density at radius 1 is 1.47 bits per heavy atom. The van der Waals surface area contributed by atoms with Crippen LogP contribution in [0.5, 0.6) is 0 Å². The zero-order valence-corrected chi connectivity index (χ0v) is 9.50. The van der Waals surface area contributed by atoms with Crippen LogP contribution in [0.4, 0.5) is 0 Å². The topological polar surface area (TPSA) is 47.9 Å². The third-order valence-corrected chi connectivity index (χ3v) is 2.51. The van der Waals surface area contributed by atoms with Gasteiger partial charge in [-0.3, -0.25) is 0 Å². The minimum Gasteiger partial charge on any atom is -0.467 e. The Balaban J connectivity index is 2.27. The molecule has 0 N–H and O–H groups in total. The lowest BCUT2D eigenvalue weighted by Crippen LogP contribution is -2.29. The average molecular weight is 231 g/mol. The molecule has 0 saturated carbocycles. The predicted octanol–water partition coefficient (Wildman–Crippen LogP) is 1.56. The number of hydrogen-bond donors (Lipinski definition) is 0. The first-order valence-corrected chi connectivity index (χ1v) is 5.26. The van der Waals surface area contributed by atoms with Gasteiger partial charge in [-0.05, 0) is 18.2 Å². The number of aliphatic imine (C=N–C) groups is 1. The summed E-state index contributed by atoms with van der Waals surface area (Å²) in [7, 11) is 1.33. The highest BCUT2D eigenvalue weighted by Gasteiger charge is 2.35. The van der Waals surface area contributed by atoms with Crippen molar-refractivity contribution in [3.05, 3.63) is 48.6 Å². The normalized spacial score (nSPS) is 22.5. The van der Waals surface area contributed by atoms with Crippen molar-refractivity contribution in [1.82, 2.24) is 0 Å². The molecular weight excluding hydrogens is 218 g/mol. The first-order valence-electron chi connectivity index (χ1n) is 5.26. The second kappa shape index (κ2) is 4.82. The molecule has 4 heteroatoms. The minimum absolute atomic E-state index is 0.416. The van der Waals surface area contributed by atoms with Crippen LogP contribution in [0.3, 0.4) is 0 Å². The molecule has 4 nitrogen and oxygen atoms in total. The van der Waals surface area contributed by atoms with Crippen LogP contribution in [-0.2, 0) is 14.3 Å². The molecule has 0 fully saturated rings. The van der Waals surface area contributed by atoms with E-state index in [1.165, 1.54) is 7.11 Å². The van der Waals surface area contributed by atoms with Crippen LogP contribution in [0.1, 0.15) is 5.56 Å². The zero-order chi connectivity index (χ0) is 12.3. The van der Waals surface area contributed by atoms with E-state index in [9.17, 15) is 4.79 Å². The molecule has 0 amide bonds.